The van der Waals surface area contributed by atoms with Crippen LogP contribution in [-0.4, -0.2) is 20.9 Å². The summed E-state index contributed by atoms with van der Waals surface area (Å²) in [4.78, 5) is 25.2. The fourth-order valence-corrected chi connectivity index (χ4v) is 3.27. The summed E-state index contributed by atoms with van der Waals surface area (Å²) in [5.41, 5.74) is 2.98. The highest BCUT2D eigenvalue weighted by Crippen LogP contribution is 2.25. The Balaban J connectivity index is 1.62. The molecular formula is C17H15Cl2N5OS. The van der Waals surface area contributed by atoms with Crippen LogP contribution in [-0.2, 0) is 11.2 Å². The standard InChI is InChI=1S/C17H15Cl2N5OS/c1-9-5-10(2)21-16(20-9)24-17-23-12(8-26-17)7-15(25)22-11-3-4-13(18)14(19)6-11/h3-6,8H,7H2,1-2H3,(H,22,25)(H,20,21,23,24). The van der Waals surface area contributed by atoms with Crippen molar-refractivity contribution < 1.29 is 4.79 Å². The van der Waals surface area contributed by atoms with Crippen molar-refractivity contribution in [1.82, 2.24) is 15.0 Å². The number of nitrogens with zero attached hydrogens (tertiary/aromatic N) is 3. The van der Waals surface area contributed by atoms with E-state index < -0.39 is 0 Å². The summed E-state index contributed by atoms with van der Waals surface area (Å²) in [7, 11) is 0. The topological polar surface area (TPSA) is 79.8 Å². The zero-order chi connectivity index (χ0) is 18.7. The van der Waals surface area contributed by atoms with Crippen molar-refractivity contribution in [3.8, 4) is 0 Å². The lowest BCUT2D eigenvalue weighted by atomic mass is 10.3. The van der Waals surface area contributed by atoms with E-state index in [1.165, 1.54) is 11.3 Å². The summed E-state index contributed by atoms with van der Waals surface area (Å²) in [5.74, 6) is 0.298. The van der Waals surface area contributed by atoms with Gasteiger partial charge in [0.15, 0.2) is 5.13 Å². The van der Waals surface area contributed by atoms with E-state index in [0.29, 0.717) is 32.5 Å². The van der Waals surface area contributed by atoms with Crippen LogP contribution in [0.25, 0.3) is 0 Å². The minimum absolute atomic E-state index is 0.145. The van der Waals surface area contributed by atoms with Gasteiger partial charge in [0, 0.05) is 22.5 Å². The van der Waals surface area contributed by atoms with Gasteiger partial charge in [0.2, 0.25) is 11.9 Å². The van der Waals surface area contributed by atoms with Gasteiger partial charge in [0.05, 0.1) is 22.2 Å². The molecule has 1 amide bonds. The third-order valence-electron chi connectivity index (χ3n) is 3.30. The number of aryl methyl sites for hydroxylation is 2. The summed E-state index contributed by atoms with van der Waals surface area (Å²) >= 11 is 13.2. The highest BCUT2D eigenvalue weighted by atomic mass is 35.5. The number of aromatic nitrogens is 3. The minimum Gasteiger partial charge on any atom is -0.326 e. The van der Waals surface area contributed by atoms with Crippen LogP contribution in [0.5, 0.6) is 0 Å². The fourth-order valence-electron chi connectivity index (χ4n) is 2.27. The Labute approximate surface area is 164 Å². The maximum absolute atomic E-state index is 12.2. The first kappa shape index (κ1) is 18.6. The van der Waals surface area contributed by atoms with Gasteiger partial charge in [-0.2, -0.15) is 0 Å². The average Bonchev–Trinajstić information content (AvgIpc) is 2.96. The maximum Gasteiger partial charge on any atom is 0.230 e. The number of hydrogen-bond donors (Lipinski definition) is 2. The molecule has 3 aromatic rings. The van der Waals surface area contributed by atoms with Crippen molar-refractivity contribution in [1.29, 1.82) is 0 Å². The van der Waals surface area contributed by atoms with Crippen molar-refractivity contribution >= 4 is 57.2 Å². The Hall–Kier alpha value is -2.22. The Morgan fingerprint density at radius 2 is 1.81 bits per heavy atom. The van der Waals surface area contributed by atoms with Crippen molar-refractivity contribution in [2.75, 3.05) is 10.6 Å². The van der Waals surface area contributed by atoms with E-state index in [-0.39, 0.29) is 12.3 Å². The van der Waals surface area contributed by atoms with E-state index >= 15 is 0 Å². The molecule has 0 unspecified atom stereocenters. The van der Waals surface area contributed by atoms with E-state index in [1.54, 1.807) is 18.2 Å². The van der Waals surface area contributed by atoms with Crippen LogP contribution in [0, 0.1) is 13.8 Å². The monoisotopic (exact) mass is 407 g/mol. The Bertz CT molecular complexity index is 940. The molecule has 134 valence electrons. The lowest BCUT2D eigenvalue weighted by Crippen LogP contribution is -2.14. The highest BCUT2D eigenvalue weighted by Gasteiger charge is 2.10. The average molecular weight is 408 g/mol. The second kappa shape index (κ2) is 7.99. The number of nitrogens with one attached hydrogen (secondary N) is 2. The van der Waals surface area contributed by atoms with Gasteiger partial charge in [-0.25, -0.2) is 15.0 Å². The lowest BCUT2D eigenvalue weighted by molar-refractivity contribution is -0.115. The normalized spacial score (nSPS) is 10.6. The van der Waals surface area contributed by atoms with Gasteiger partial charge in [0.1, 0.15) is 0 Å². The summed E-state index contributed by atoms with van der Waals surface area (Å²) in [6.45, 7) is 3.81. The Morgan fingerprint density at radius 3 is 2.50 bits per heavy atom. The molecule has 0 radical (unpaired) electrons. The first-order chi connectivity index (χ1) is 12.4. The van der Waals surface area contributed by atoms with E-state index in [2.05, 4.69) is 25.6 Å². The molecule has 6 nitrogen and oxygen atoms in total. The molecule has 0 saturated carbocycles. The predicted octanol–water partition coefficient (Wildman–Crippen LogP) is 4.78. The first-order valence-electron chi connectivity index (χ1n) is 7.67. The molecule has 0 aliphatic heterocycles. The summed E-state index contributed by atoms with van der Waals surface area (Å²) in [6.07, 6.45) is 0.145. The van der Waals surface area contributed by atoms with Crippen molar-refractivity contribution in [3.63, 3.8) is 0 Å². The Kier molecular flexibility index (Phi) is 5.70. The largest absolute Gasteiger partial charge is 0.326 e. The molecule has 0 bridgehead atoms. The van der Waals surface area contributed by atoms with Gasteiger partial charge in [-0.3, -0.25) is 4.79 Å². The number of anilines is 3. The van der Waals surface area contributed by atoms with E-state index in [1.807, 2.05) is 25.3 Å². The van der Waals surface area contributed by atoms with Gasteiger partial charge in [-0.15, -0.1) is 11.3 Å². The van der Waals surface area contributed by atoms with Crippen LogP contribution in [0.15, 0.2) is 29.6 Å². The van der Waals surface area contributed by atoms with E-state index in [9.17, 15) is 4.79 Å². The second-order valence-corrected chi connectivity index (χ2v) is 7.27. The molecule has 0 aliphatic rings. The molecule has 3 rings (SSSR count). The van der Waals surface area contributed by atoms with E-state index in [0.717, 1.165) is 11.4 Å². The zero-order valence-electron chi connectivity index (χ0n) is 14.0. The molecule has 0 spiro atoms. The van der Waals surface area contributed by atoms with Gasteiger partial charge >= 0.3 is 0 Å². The number of amides is 1. The molecule has 9 heteroatoms. The molecule has 1 aromatic carbocycles. The van der Waals surface area contributed by atoms with Crippen LogP contribution in [0.4, 0.5) is 16.8 Å². The summed E-state index contributed by atoms with van der Waals surface area (Å²) in [6, 6.07) is 6.82. The second-order valence-electron chi connectivity index (χ2n) is 5.60. The molecule has 2 heterocycles. The molecule has 0 saturated heterocycles. The SMILES string of the molecule is Cc1cc(C)nc(Nc2nc(CC(=O)Nc3ccc(Cl)c(Cl)c3)cs2)n1. The fraction of sp³-hybridized carbons (Fsp3) is 0.176. The van der Waals surface area contributed by atoms with Gasteiger partial charge in [-0.1, -0.05) is 23.2 Å². The molecule has 26 heavy (non-hydrogen) atoms. The molecule has 0 atom stereocenters. The molecule has 0 aliphatic carbocycles. The minimum atomic E-state index is -0.192. The maximum atomic E-state index is 12.2. The molecule has 2 aromatic heterocycles. The molecule has 2 N–H and O–H groups in total. The van der Waals surface area contributed by atoms with Crippen LogP contribution in [0.2, 0.25) is 10.0 Å². The number of halogens is 2. The molecule has 0 fully saturated rings. The summed E-state index contributed by atoms with van der Waals surface area (Å²) < 4.78 is 0. The number of carbonyl (C=O) groups is 1. The van der Waals surface area contributed by atoms with Gasteiger partial charge in [0.25, 0.3) is 0 Å². The lowest BCUT2D eigenvalue weighted by Gasteiger charge is -2.05. The van der Waals surface area contributed by atoms with Crippen LogP contribution in [0.3, 0.4) is 0 Å². The third-order valence-corrected chi connectivity index (χ3v) is 4.84. The number of benzene rings is 1. The predicted molar refractivity (Wildman–Crippen MR) is 106 cm³/mol. The third kappa shape index (κ3) is 4.91. The smallest absolute Gasteiger partial charge is 0.230 e. The van der Waals surface area contributed by atoms with Crippen LogP contribution < -0.4 is 10.6 Å². The molecular weight excluding hydrogens is 393 g/mol. The highest BCUT2D eigenvalue weighted by molar-refractivity contribution is 7.13. The number of hydrogen-bond acceptors (Lipinski definition) is 6. The number of thiazole rings is 1. The quantitative estimate of drug-likeness (QED) is 0.635. The van der Waals surface area contributed by atoms with Crippen LogP contribution in [0.1, 0.15) is 17.1 Å². The van der Waals surface area contributed by atoms with Gasteiger partial charge < -0.3 is 10.6 Å². The van der Waals surface area contributed by atoms with Crippen LogP contribution >= 0.6 is 34.5 Å². The zero-order valence-corrected chi connectivity index (χ0v) is 16.3. The first-order valence-corrected chi connectivity index (χ1v) is 9.31. The van der Waals surface area contributed by atoms with Gasteiger partial charge in [-0.05, 0) is 38.1 Å². The number of carbonyl (C=O) groups excluding carboxylic acids is 1. The number of rotatable bonds is 5. The van der Waals surface area contributed by atoms with Crippen molar-refractivity contribution in [2.45, 2.75) is 20.3 Å². The van der Waals surface area contributed by atoms with Crippen molar-refractivity contribution in [2.24, 2.45) is 0 Å². The Morgan fingerprint density at radius 1 is 1.08 bits per heavy atom. The van der Waals surface area contributed by atoms with Crippen molar-refractivity contribution in [3.05, 3.63) is 56.8 Å². The summed E-state index contributed by atoms with van der Waals surface area (Å²) in [5, 5.41) is 9.11. The van der Waals surface area contributed by atoms with E-state index in [4.69, 9.17) is 23.2 Å².